The number of hydrogen-bond donors (Lipinski definition) is 0. The van der Waals surface area contributed by atoms with Gasteiger partial charge in [0.15, 0.2) is 0 Å². The minimum atomic E-state index is -0.453. The van der Waals surface area contributed by atoms with E-state index in [1.807, 2.05) is 0 Å². The summed E-state index contributed by atoms with van der Waals surface area (Å²) in [5.41, 5.74) is 24.6. The van der Waals surface area contributed by atoms with Crippen molar-refractivity contribution in [2.24, 2.45) is 4.99 Å². The van der Waals surface area contributed by atoms with Crippen molar-refractivity contribution in [2.45, 2.75) is 23.7 Å². The van der Waals surface area contributed by atoms with Crippen LogP contribution in [0.15, 0.2) is 181 Å². The SMILES string of the molecule is c1ccc2c(c1)-c1ccccc1C21c2ccccc2-c2ccc(-c3ccc4c(c3)C3(c5ccccc5-c5ccccc53)c3cc(N5CCCN6CCCN=C65)ccc3-4)cc21. The number of aliphatic imine (C=N–C) groups is 1. The van der Waals surface area contributed by atoms with Crippen LogP contribution in [-0.4, -0.2) is 37.0 Å². The fourth-order valence-electron chi connectivity index (χ4n) is 12.6. The summed E-state index contributed by atoms with van der Waals surface area (Å²) in [6.45, 7) is 4.08. The Balaban J connectivity index is 1.00. The zero-order chi connectivity index (χ0) is 39.2. The fourth-order valence-corrected chi connectivity index (χ4v) is 12.6. The summed E-state index contributed by atoms with van der Waals surface area (Å²) in [4.78, 5) is 10.1. The van der Waals surface area contributed by atoms with E-state index < -0.39 is 5.41 Å². The van der Waals surface area contributed by atoms with Crippen molar-refractivity contribution < 1.29 is 0 Å². The second kappa shape index (κ2) is 11.8. The molecule has 0 aromatic heterocycles. The summed E-state index contributed by atoms with van der Waals surface area (Å²) in [7, 11) is 0. The van der Waals surface area contributed by atoms with Gasteiger partial charge in [0.2, 0.25) is 5.96 Å². The minimum absolute atomic E-state index is 0.379. The van der Waals surface area contributed by atoms with Gasteiger partial charge in [0, 0.05) is 31.9 Å². The first-order valence-electron chi connectivity index (χ1n) is 21.8. The molecule has 60 heavy (non-hydrogen) atoms. The van der Waals surface area contributed by atoms with Gasteiger partial charge in [-0.1, -0.05) is 152 Å². The van der Waals surface area contributed by atoms with E-state index in [-0.39, 0.29) is 5.41 Å². The molecule has 4 aliphatic carbocycles. The third-order valence-corrected chi connectivity index (χ3v) is 14.9. The van der Waals surface area contributed by atoms with Gasteiger partial charge in [0.25, 0.3) is 0 Å². The van der Waals surface area contributed by atoms with Gasteiger partial charge in [-0.05, 0) is 137 Å². The molecule has 3 nitrogen and oxygen atoms in total. The van der Waals surface area contributed by atoms with Crippen molar-refractivity contribution in [1.29, 1.82) is 0 Å². The van der Waals surface area contributed by atoms with Gasteiger partial charge < -0.3 is 9.80 Å². The van der Waals surface area contributed by atoms with Crippen LogP contribution in [0.4, 0.5) is 5.69 Å². The Kier molecular flexibility index (Phi) is 6.49. The maximum absolute atomic E-state index is 5.11. The monoisotopic (exact) mass is 767 g/mol. The summed E-state index contributed by atoms with van der Waals surface area (Å²) in [5, 5.41) is 0. The minimum Gasteiger partial charge on any atom is -0.342 e. The molecule has 0 unspecified atom stereocenters. The molecule has 0 saturated carbocycles. The van der Waals surface area contributed by atoms with Crippen molar-refractivity contribution in [1.82, 2.24) is 4.90 Å². The second-order valence-electron chi connectivity index (χ2n) is 17.5. The topological polar surface area (TPSA) is 18.8 Å². The van der Waals surface area contributed by atoms with Crippen LogP contribution in [-0.2, 0) is 10.8 Å². The maximum atomic E-state index is 5.11. The maximum Gasteiger partial charge on any atom is 0.201 e. The van der Waals surface area contributed by atoms with E-state index in [9.17, 15) is 0 Å². The highest BCUT2D eigenvalue weighted by Gasteiger charge is 2.53. The van der Waals surface area contributed by atoms with E-state index in [2.05, 4.69) is 186 Å². The normalized spacial score (nSPS) is 17.2. The number of fused-ring (bicyclic) bond motifs is 21. The van der Waals surface area contributed by atoms with Crippen LogP contribution in [0, 0.1) is 0 Å². The van der Waals surface area contributed by atoms with Crippen LogP contribution in [0.25, 0.3) is 55.6 Å². The zero-order valence-corrected chi connectivity index (χ0v) is 33.3. The van der Waals surface area contributed by atoms with Crippen LogP contribution in [0.1, 0.15) is 57.3 Å². The highest BCUT2D eigenvalue weighted by molar-refractivity contribution is 6.01. The molecule has 3 heteroatoms. The van der Waals surface area contributed by atoms with E-state index in [0.29, 0.717) is 0 Å². The van der Waals surface area contributed by atoms with Crippen LogP contribution in [0.3, 0.4) is 0 Å². The summed E-state index contributed by atoms with van der Waals surface area (Å²) >= 11 is 0. The Hall–Kier alpha value is -6.97. The number of nitrogens with zero attached hydrogens (tertiary/aromatic N) is 3. The molecule has 284 valence electrons. The van der Waals surface area contributed by atoms with E-state index in [0.717, 1.165) is 45.0 Å². The highest BCUT2D eigenvalue weighted by Crippen LogP contribution is 2.65. The Labute approximate surface area is 350 Å². The summed E-state index contributed by atoms with van der Waals surface area (Å²) in [6, 6.07) is 67.7. The van der Waals surface area contributed by atoms with Crippen LogP contribution in [0.5, 0.6) is 0 Å². The molecule has 1 saturated heterocycles. The first-order chi connectivity index (χ1) is 29.8. The number of anilines is 1. The Morgan fingerprint density at radius 2 is 0.733 bits per heavy atom. The molecule has 8 aromatic carbocycles. The van der Waals surface area contributed by atoms with Crippen LogP contribution >= 0.6 is 0 Å². The van der Waals surface area contributed by atoms with Crippen molar-refractivity contribution >= 4 is 11.6 Å². The molecule has 0 amide bonds. The van der Waals surface area contributed by atoms with Gasteiger partial charge in [-0.2, -0.15) is 0 Å². The van der Waals surface area contributed by atoms with E-state index in [1.165, 1.54) is 106 Å². The van der Waals surface area contributed by atoms with E-state index in [4.69, 9.17) is 4.99 Å². The molecule has 14 rings (SSSR count). The van der Waals surface area contributed by atoms with Gasteiger partial charge in [0.05, 0.1) is 10.8 Å². The van der Waals surface area contributed by atoms with Crippen LogP contribution < -0.4 is 4.90 Å². The third-order valence-electron chi connectivity index (χ3n) is 14.9. The number of hydrogen-bond acceptors (Lipinski definition) is 3. The van der Waals surface area contributed by atoms with Gasteiger partial charge in [-0.15, -0.1) is 0 Å². The molecule has 2 heterocycles. The average molecular weight is 768 g/mol. The van der Waals surface area contributed by atoms with Crippen molar-refractivity contribution in [3.05, 3.63) is 220 Å². The molecule has 0 radical (unpaired) electrons. The summed E-state index contributed by atoms with van der Waals surface area (Å²) in [6.07, 6.45) is 2.27. The first-order valence-corrected chi connectivity index (χ1v) is 21.8. The number of benzene rings is 8. The lowest BCUT2D eigenvalue weighted by molar-refractivity contribution is 0.360. The van der Waals surface area contributed by atoms with Gasteiger partial charge in [-0.25, -0.2) is 0 Å². The standard InChI is InChI=1S/C57H41N3/c1-6-18-47-39(13-1)40-14-2-7-19-48(40)56(47)49-20-8-5-17-43(49)44-26-23-36(33-52(44)56)37-24-27-45-46-28-25-38(60-32-12-31-59-30-11-29-58-55(59)60)35-54(46)57(53(45)34-37)50-21-9-3-15-41(50)42-16-4-10-22-51(42)57/h1-10,13-28,33-35H,11-12,29-32H2. The van der Waals surface area contributed by atoms with Gasteiger partial charge in [-0.3, -0.25) is 4.99 Å². The van der Waals surface area contributed by atoms with Crippen LogP contribution in [0.2, 0.25) is 0 Å². The van der Waals surface area contributed by atoms with Crippen molar-refractivity contribution in [3.8, 4) is 55.6 Å². The molecule has 0 N–H and O–H groups in total. The van der Waals surface area contributed by atoms with E-state index in [1.54, 1.807) is 0 Å². The molecule has 0 atom stereocenters. The lowest BCUT2D eigenvalue weighted by Gasteiger charge is -2.41. The molecule has 6 aliphatic rings. The Morgan fingerprint density at radius 1 is 0.350 bits per heavy atom. The molecule has 0 bridgehead atoms. The molecular weight excluding hydrogens is 727 g/mol. The number of guanidine groups is 1. The number of rotatable bonds is 2. The third kappa shape index (κ3) is 3.94. The predicted molar refractivity (Wildman–Crippen MR) is 245 cm³/mol. The fraction of sp³-hybridized carbons (Fsp3) is 0.140. The average Bonchev–Trinajstić information content (AvgIpc) is 4.00. The quantitative estimate of drug-likeness (QED) is 0.174. The zero-order valence-electron chi connectivity index (χ0n) is 33.3. The summed E-state index contributed by atoms with van der Waals surface area (Å²) < 4.78 is 0. The first kappa shape index (κ1) is 32.9. The Morgan fingerprint density at radius 3 is 1.22 bits per heavy atom. The smallest absolute Gasteiger partial charge is 0.201 e. The lowest BCUT2D eigenvalue weighted by atomic mass is 9.69. The molecule has 2 aliphatic heterocycles. The molecular formula is C57H41N3. The van der Waals surface area contributed by atoms with Crippen molar-refractivity contribution in [2.75, 3.05) is 31.1 Å². The Bertz CT molecular complexity index is 3100. The molecule has 8 aromatic rings. The predicted octanol–water partition coefficient (Wildman–Crippen LogP) is 12.3. The van der Waals surface area contributed by atoms with E-state index >= 15 is 0 Å². The largest absolute Gasteiger partial charge is 0.342 e. The van der Waals surface area contributed by atoms with Crippen molar-refractivity contribution in [3.63, 3.8) is 0 Å². The van der Waals surface area contributed by atoms with Gasteiger partial charge >= 0.3 is 0 Å². The highest BCUT2D eigenvalue weighted by atomic mass is 15.4. The lowest BCUT2D eigenvalue weighted by Crippen LogP contribution is -2.52. The second-order valence-corrected chi connectivity index (χ2v) is 17.5. The molecule has 2 spiro atoms. The molecule has 1 fully saturated rings. The van der Waals surface area contributed by atoms with Gasteiger partial charge in [0.1, 0.15) is 0 Å². The summed E-state index contributed by atoms with van der Waals surface area (Å²) in [5.74, 6) is 1.15.